The van der Waals surface area contributed by atoms with Crippen LogP contribution < -0.4 is 4.90 Å². The predicted molar refractivity (Wildman–Crippen MR) is 99.2 cm³/mol. The summed E-state index contributed by atoms with van der Waals surface area (Å²) in [6.45, 7) is 3.31. The van der Waals surface area contributed by atoms with Gasteiger partial charge in [0.05, 0.1) is 13.1 Å². The molecular weight excluding hydrogens is 350 g/mol. The van der Waals surface area contributed by atoms with Crippen molar-refractivity contribution in [3.63, 3.8) is 0 Å². The molecule has 3 aliphatic rings. The Hall–Kier alpha value is 0.110. The van der Waals surface area contributed by atoms with Crippen LogP contribution in [-0.4, -0.2) is 30.2 Å². The van der Waals surface area contributed by atoms with Crippen LogP contribution in [0.1, 0.15) is 77.0 Å². The Morgan fingerprint density at radius 1 is 0.826 bits per heavy atom. The summed E-state index contributed by atoms with van der Waals surface area (Å²) in [4.78, 5) is 14.8. The summed E-state index contributed by atoms with van der Waals surface area (Å²) in [5.41, 5.74) is 0. The molecule has 0 spiro atoms. The maximum atomic E-state index is 12.5. The lowest BCUT2D eigenvalue weighted by Gasteiger charge is -2.33. The average molecular weight is 385 g/mol. The molecule has 2 aliphatic carbocycles. The number of rotatable bonds is 5. The van der Waals surface area contributed by atoms with E-state index in [4.69, 9.17) is 0 Å². The Kier molecular flexibility index (Phi) is 7.00. The molecule has 3 heteroatoms. The number of alkyl halides is 1. The van der Waals surface area contributed by atoms with Crippen LogP contribution in [0.25, 0.3) is 0 Å². The Labute approximate surface area is 150 Å². The molecule has 1 N–H and O–H groups in total. The van der Waals surface area contributed by atoms with Gasteiger partial charge in [-0.05, 0) is 56.8 Å². The van der Waals surface area contributed by atoms with E-state index in [1.165, 1.54) is 77.3 Å². The van der Waals surface area contributed by atoms with Gasteiger partial charge in [-0.1, -0.05) is 48.0 Å². The maximum Gasteiger partial charge on any atom is 0.189 e. The van der Waals surface area contributed by atoms with E-state index in [1.807, 2.05) is 0 Å². The van der Waals surface area contributed by atoms with Gasteiger partial charge in [-0.3, -0.25) is 4.79 Å². The molecule has 0 radical (unpaired) electrons. The number of hydrogen-bond acceptors (Lipinski definition) is 1. The van der Waals surface area contributed by atoms with E-state index in [-0.39, 0.29) is 0 Å². The van der Waals surface area contributed by atoms with Crippen molar-refractivity contribution < 1.29 is 9.69 Å². The average Bonchev–Trinajstić information content (AvgIpc) is 2.58. The SMILES string of the molecule is O=C(C[NH+]1CCC(CC2CCCCC2)CC1)C1CCC(Br)CC1. The molecule has 23 heavy (non-hydrogen) atoms. The van der Waals surface area contributed by atoms with Gasteiger partial charge in [-0.15, -0.1) is 0 Å². The third-order valence-corrected chi connectivity index (χ3v) is 7.66. The first-order chi connectivity index (χ1) is 11.2. The molecule has 3 fully saturated rings. The summed E-state index contributed by atoms with van der Waals surface area (Å²) in [6.07, 6.45) is 16.2. The van der Waals surface area contributed by atoms with E-state index in [0.29, 0.717) is 16.5 Å². The van der Waals surface area contributed by atoms with Crippen LogP contribution in [0.2, 0.25) is 0 Å². The minimum absolute atomic E-state index is 0.372. The second kappa shape index (κ2) is 8.99. The van der Waals surface area contributed by atoms with Crippen molar-refractivity contribution in [1.29, 1.82) is 0 Å². The fraction of sp³-hybridized carbons (Fsp3) is 0.950. The van der Waals surface area contributed by atoms with Crippen molar-refractivity contribution in [1.82, 2.24) is 0 Å². The number of carbonyl (C=O) groups excluding carboxylic acids is 1. The van der Waals surface area contributed by atoms with Crippen LogP contribution in [-0.2, 0) is 4.79 Å². The van der Waals surface area contributed by atoms with Crippen molar-refractivity contribution >= 4 is 21.7 Å². The van der Waals surface area contributed by atoms with E-state index < -0.39 is 0 Å². The van der Waals surface area contributed by atoms with E-state index in [2.05, 4.69) is 15.9 Å². The quantitative estimate of drug-likeness (QED) is 0.715. The molecule has 0 aromatic rings. The van der Waals surface area contributed by atoms with Gasteiger partial charge < -0.3 is 4.90 Å². The molecule has 0 amide bonds. The molecule has 0 aromatic heterocycles. The molecule has 3 rings (SSSR count). The van der Waals surface area contributed by atoms with E-state index in [1.54, 1.807) is 4.90 Å². The lowest BCUT2D eigenvalue weighted by molar-refractivity contribution is -0.898. The molecule has 0 aromatic carbocycles. The summed E-state index contributed by atoms with van der Waals surface area (Å²) < 4.78 is 0. The third kappa shape index (κ3) is 5.56. The van der Waals surface area contributed by atoms with Crippen LogP contribution in [0.15, 0.2) is 0 Å². The lowest BCUT2D eigenvalue weighted by atomic mass is 9.79. The van der Waals surface area contributed by atoms with Gasteiger partial charge in [-0.2, -0.15) is 0 Å². The van der Waals surface area contributed by atoms with Crippen LogP contribution in [0, 0.1) is 17.8 Å². The fourth-order valence-corrected chi connectivity index (χ4v) is 5.69. The van der Waals surface area contributed by atoms with Gasteiger partial charge >= 0.3 is 0 Å². The number of halogens is 1. The molecule has 1 heterocycles. The monoisotopic (exact) mass is 384 g/mol. The van der Waals surface area contributed by atoms with Crippen molar-refractivity contribution in [3.8, 4) is 0 Å². The van der Waals surface area contributed by atoms with Gasteiger partial charge in [0.2, 0.25) is 0 Å². The molecule has 1 saturated heterocycles. The molecule has 2 nitrogen and oxygen atoms in total. The van der Waals surface area contributed by atoms with Crippen molar-refractivity contribution in [2.24, 2.45) is 17.8 Å². The number of likely N-dealkylation sites (tertiary alicyclic amines) is 1. The van der Waals surface area contributed by atoms with Gasteiger partial charge in [0.25, 0.3) is 0 Å². The van der Waals surface area contributed by atoms with Crippen molar-refractivity contribution in [3.05, 3.63) is 0 Å². The summed E-state index contributed by atoms with van der Waals surface area (Å²) >= 11 is 3.69. The van der Waals surface area contributed by atoms with Crippen molar-refractivity contribution in [2.45, 2.75) is 81.9 Å². The highest BCUT2D eigenvalue weighted by molar-refractivity contribution is 9.09. The summed E-state index contributed by atoms with van der Waals surface area (Å²) in [7, 11) is 0. The molecular formula is C20H35BrNO+. The topological polar surface area (TPSA) is 21.5 Å². The third-order valence-electron chi connectivity index (χ3n) is 6.74. The summed E-state index contributed by atoms with van der Waals surface area (Å²) in [6, 6.07) is 0. The van der Waals surface area contributed by atoms with E-state index >= 15 is 0 Å². The fourth-order valence-electron chi connectivity index (χ4n) is 5.16. The van der Waals surface area contributed by atoms with Gasteiger partial charge in [0, 0.05) is 10.7 Å². The number of nitrogens with one attached hydrogen (secondary N) is 1. The van der Waals surface area contributed by atoms with Crippen molar-refractivity contribution in [2.75, 3.05) is 19.6 Å². The second-order valence-corrected chi connectivity index (χ2v) is 9.82. The first kappa shape index (κ1) is 17.9. The minimum atomic E-state index is 0.372. The Bertz CT molecular complexity index is 364. The number of quaternary nitrogens is 1. The van der Waals surface area contributed by atoms with Crippen LogP contribution in [0.5, 0.6) is 0 Å². The number of piperidine rings is 1. The number of Topliss-reactive ketones (excluding diaryl/α,β-unsaturated/α-hetero) is 1. The zero-order valence-corrected chi connectivity index (χ0v) is 16.3. The maximum absolute atomic E-state index is 12.5. The molecule has 0 unspecified atom stereocenters. The van der Waals surface area contributed by atoms with Gasteiger partial charge in [0.1, 0.15) is 6.54 Å². The molecule has 0 bridgehead atoms. The van der Waals surface area contributed by atoms with Crippen LogP contribution in [0.4, 0.5) is 0 Å². The highest BCUT2D eigenvalue weighted by atomic mass is 79.9. The zero-order chi connectivity index (χ0) is 16.1. The molecule has 132 valence electrons. The summed E-state index contributed by atoms with van der Waals surface area (Å²) in [5, 5.41) is 0. The number of carbonyl (C=O) groups is 1. The van der Waals surface area contributed by atoms with Gasteiger partial charge in [-0.25, -0.2) is 0 Å². The van der Waals surface area contributed by atoms with Crippen LogP contribution in [0.3, 0.4) is 0 Å². The Morgan fingerprint density at radius 3 is 2.09 bits per heavy atom. The number of hydrogen-bond donors (Lipinski definition) is 1. The second-order valence-electron chi connectivity index (χ2n) is 8.53. The first-order valence-corrected chi connectivity index (χ1v) is 11.1. The minimum Gasteiger partial charge on any atom is -0.329 e. The van der Waals surface area contributed by atoms with Gasteiger partial charge in [0.15, 0.2) is 5.78 Å². The zero-order valence-electron chi connectivity index (χ0n) is 14.7. The highest BCUT2D eigenvalue weighted by Gasteiger charge is 2.30. The van der Waals surface area contributed by atoms with E-state index in [9.17, 15) is 4.79 Å². The normalized spacial score (nSPS) is 36.7. The largest absolute Gasteiger partial charge is 0.329 e. The first-order valence-electron chi connectivity index (χ1n) is 10.2. The smallest absolute Gasteiger partial charge is 0.189 e. The lowest BCUT2D eigenvalue weighted by Crippen LogP contribution is -3.14. The summed E-state index contributed by atoms with van der Waals surface area (Å²) in [5.74, 6) is 2.92. The number of ketones is 1. The van der Waals surface area contributed by atoms with Crippen LogP contribution >= 0.6 is 15.9 Å². The molecule has 0 atom stereocenters. The molecule has 2 saturated carbocycles. The Morgan fingerprint density at radius 2 is 1.43 bits per heavy atom. The highest BCUT2D eigenvalue weighted by Crippen LogP contribution is 2.31. The molecule has 1 aliphatic heterocycles. The Balaban J connectivity index is 1.34. The standard InChI is InChI=1S/C20H34BrNO/c21-19-8-6-18(7-9-19)20(23)15-22-12-10-17(11-13-22)14-16-4-2-1-3-5-16/h16-19H,1-15H2/p+1. The predicted octanol–water partition coefficient (Wildman–Crippen LogP) is 3.77. The van der Waals surface area contributed by atoms with E-state index in [0.717, 1.165) is 31.2 Å².